The number of hydrogen-bond acceptors (Lipinski definition) is 3. The number of phenols is 1. The molecular weight excluding hydrogens is 226 g/mol. The molecule has 1 aromatic rings. The molecule has 0 unspecified atom stereocenters. The number of hydrogen-bond donors (Lipinski definition) is 1. The first-order valence-corrected chi connectivity index (χ1v) is 6.69. The molecule has 0 aliphatic heterocycles. The molecule has 3 nitrogen and oxygen atoms in total. The fraction of sp³-hybridized carbons (Fsp3) is 0.533. The summed E-state index contributed by atoms with van der Waals surface area (Å²) in [5, 5.41) is 9.20. The minimum atomic E-state index is 0.128. The van der Waals surface area contributed by atoms with Gasteiger partial charge in [0.05, 0.1) is 6.54 Å². The zero-order valence-electron chi connectivity index (χ0n) is 10.9. The first-order chi connectivity index (χ1) is 8.66. The lowest BCUT2D eigenvalue weighted by molar-refractivity contribution is 0.0899. The van der Waals surface area contributed by atoms with Gasteiger partial charge in [0, 0.05) is 11.6 Å². The zero-order chi connectivity index (χ0) is 13.0. The molecule has 1 fully saturated rings. The molecule has 0 aromatic heterocycles. The van der Waals surface area contributed by atoms with E-state index in [2.05, 4.69) is 4.90 Å². The highest BCUT2D eigenvalue weighted by atomic mass is 16.3. The topological polar surface area (TPSA) is 40.5 Å². The molecule has 1 aliphatic rings. The zero-order valence-corrected chi connectivity index (χ0v) is 10.9. The molecule has 1 saturated carbocycles. The number of likely N-dealkylation sites (N-methyl/N-ethyl adjacent to an activating group) is 1. The Kier molecular flexibility index (Phi) is 4.37. The Morgan fingerprint density at radius 3 is 2.44 bits per heavy atom. The number of carbonyl (C=O) groups excluding carboxylic acids is 1. The molecule has 0 atom stereocenters. The first-order valence-electron chi connectivity index (χ1n) is 6.69. The SMILES string of the molecule is CN(CC(=O)c1ccc(O)cc1)C1CCCCC1. The van der Waals surface area contributed by atoms with E-state index in [9.17, 15) is 9.90 Å². The first kappa shape index (κ1) is 13.1. The summed E-state index contributed by atoms with van der Waals surface area (Å²) in [5.74, 6) is 0.329. The second-order valence-corrected chi connectivity index (χ2v) is 5.18. The van der Waals surface area contributed by atoms with Crippen molar-refractivity contribution in [2.45, 2.75) is 38.1 Å². The monoisotopic (exact) mass is 247 g/mol. The summed E-state index contributed by atoms with van der Waals surface area (Å²) in [6, 6.07) is 7.06. The van der Waals surface area contributed by atoms with Crippen molar-refractivity contribution in [1.29, 1.82) is 0 Å². The Hall–Kier alpha value is -1.35. The van der Waals surface area contributed by atoms with Gasteiger partial charge in [0.15, 0.2) is 5.78 Å². The summed E-state index contributed by atoms with van der Waals surface area (Å²) in [4.78, 5) is 14.3. The van der Waals surface area contributed by atoms with Gasteiger partial charge in [0.1, 0.15) is 5.75 Å². The van der Waals surface area contributed by atoms with E-state index < -0.39 is 0 Å². The number of nitrogens with zero attached hydrogens (tertiary/aromatic N) is 1. The van der Waals surface area contributed by atoms with Gasteiger partial charge in [-0.15, -0.1) is 0 Å². The lowest BCUT2D eigenvalue weighted by Crippen LogP contribution is -2.37. The molecule has 0 amide bonds. The molecule has 1 aliphatic carbocycles. The van der Waals surface area contributed by atoms with E-state index in [0.717, 1.165) is 0 Å². The molecule has 18 heavy (non-hydrogen) atoms. The number of benzene rings is 1. The molecule has 0 spiro atoms. The summed E-state index contributed by atoms with van der Waals surface area (Å²) in [5.41, 5.74) is 0.676. The normalized spacial score (nSPS) is 17.0. The van der Waals surface area contributed by atoms with Crippen LogP contribution in [0.5, 0.6) is 5.75 Å². The predicted octanol–water partition coefficient (Wildman–Crippen LogP) is 2.84. The van der Waals surface area contributed by atoms with Crippen LogP contribution >= 0.6 is 0 Å². The third-order valence-corrected chi connectivity index (χ3v) is 3.78. The van der Waals surface area contributed by atoms with Crippen LogP contribution in [0.25, 0.3) is 0 Å². The van der Waals surface area contributed by atoms with Gasteiger partial charge < -0.3 is 5.11 Å². The van der Waals surface area contributed by atoms with E-state index in [-0.39, 0.29) is 11.5 Å². The summed E-state index contributed by atoms with van der Waals surface area (Å²) < 4.78 is 0. The molecule has 0 heterocycles. The van der Waals surface area contributed by atoms with Crippen molar-refractivity contribution in [3.05, 3.63) is 29.8 Å². The van der Waals surface area contributed by atoms with E-state index in [1.165, 1.54) is 32.1 Å². The summed E-state index contributed by atoms with van der Waals surface area (Å²) in [6.45, 7) is 0.468. The summed E-state index contributed by atoms with van der Waals surface area (Å²) in [6.07, 6.45) is 6.31. The van der Waals surface area contributed by atoms with Gasteiger partial charge in [-0.1, -0.05) is 19.3 Å². The summed E-state index contributed by atoms with van der Waals surface area (Å²) >= 11 is 0. The van der Waals surface area contributed by atoms with Crippen LogP contribution < -0.4 is 0 Å². The van der Waals surface area contributed by atoms with Crippen LogP contribution in [0, 0.1) is 0 Å². The fourth-order valence-electron chi connectivity index (χ4n) is 2.62. The molecule has 1 aromatic carbocycles. The van der Waals surface area contributed by atoms with Crippen molar-refractivity contribution in [3.63, 3.8) is 0 Å². The lowest BCUT2D eigenvalue weighted by Gasteiger charge is -2.30. The summed E-state index contributed by atoms with van der Waals surface area (Å²) in [7, 11) is 2.04. The van der Waals surface area contributed by atoms with Gasteiger partial charge >= 0.3 is 0 Å². The average molecular weight is 247 g/mol. The number of carbonyl (C=O) groups is 1. The lowest BCUT2D eigenvalue weighted by atomic mass is 9.94. The standard InChI is InChI=1S/C15H21NO2/c1-16(13-5-3-2-4-6-13)11-15(18)12-7-9-14(17)10-8-12/h7-10,13,17H,2-6,11H2,1H3. The second kappa shape index (κ2) is 6.01. The largest absolute Gasteiger partial charge is 0.508 e. The van der Waals surface area contributed by atoms with E-state index >= 15 is 0 Å². The number of Topliss-reactive ketones (excluding diaryl/α,β-unsaturated/α-hetero) is 1. The highest BCUT2D eigenvalue weighted by Crippen LogP contribution is 2.21. The molecular formula is C15H21NO2. The number of ketones is 1. The van der Waals surface area contributed by atoms with E-state index in [0.29, 0.717) is 18.2 Å². The van der Waals surface area contributed by atoms with Gasteiger partial charge in [-0.25, -0.2) is 0 Å². The van der Waals surface area contributed by atoms with Crippen molar-refractivity contribution in [1.82, 2.24) is 4.90 Å². The molecule has 0 saturated heterocycles. The van der Waals surface area contributed by atoms with Crippen LogP contribution in [0.1, 0.15) is 42.5 Å². The van der Waals surface area contributed by atoms with Gasteiger partial charge in [0.25, 0.3) is 0 Å². The Labute approximate surface area is 108 Å². The second-order valence-electron chi connectivity index (χ2n) is 5.18. The highest BCUT2D eigenvalue weighted by Gasteiger charge is 2.20. The van der Waals surface area contributed by atoms with Gasteiger partial charge in [0.2, 0.25) is 0 Å². The maximum absolute atomic E-state index is 12.1. The third kappa shape index (κ3) is 3.33. The van der Waals surface area contributed by atoms with E-state index in [4.69, 9.17) is 0 Å². The molecule has 2 rings (SSSR count). The highest BCUT2D eigenvalue weighted by molar-refractivity contribution is 5.97. The van der Waals surface area contributed by atoms with Crippen LogP contribution in [0.15, 0.2) is 24.3 Å². The average Bonchev–Trinajstić information content (AvgIpc) is 2.40. The van der Waals surface area contributed by atoms with Crippen molar-refractivity contribution >= 4 is 5.78 Å². The minimum Gasteiger partial charge on any atom is -0.508 e. The van der Waals surface area contributed by atoms with Crippen LogP contribution in [0.2, 0.25) is 0 Å². The minimum absolute atomic E-state index is 0.128. The molecule has 0 bridgehead atoms. The molecule has 0 radical (unpaired) electrons. The van der Waals surface area contributed by atoms with Gasteiger partial charge in [-0.2, -0.15) is 0 Å². The maximum atomic E-state index is 12.1. The molecule has 98 valence electrons. The number of phenolic OH excluding ortho intramolecular Hbond substituents is 1. The van der Waals surface area contributed by atoms with E-state index in [1.807, 2.05) is 7.05 Å². The van der Waals surface area contributed by atoms with Gasteiger partial charge in [-0.3, -0.25) is 9.69 Å². The number of rotatable bonds is 4. The van der Waals surface area contributed by atoms with E-state index in [1.54, 1.807) is 24.3 Å². The maximum Gasteiger partial charge on any atom is 0.176 e. The van der Waals surface area contributed by atoms with Crippen molar-refractivity contribution in [2.24, 2.45) is 0 Å². The predicted molar refractivity (Wildman–Crippen MR) is 71.9 cm³/mol. The Balaban J connectivity index is 1.91. The number of aromatic hydroxyl groups is 1. The van der Waals surface area contributed by atoms with Crippen molar-refractivity contribution in [2.75, 3.05) is 13.6 Å². The Bertz CT molecular complexity index is 393. The smallest absolute Gasteiger partial charge is 0.176 e. The van der Waals surface area contributed by atoms with Crippen LogP contribution in [0.3, 0.4) is 0 Å². The third-order valence-electron chi connectivity index (χ3n) is 3.78. The van der Waals surface area contributed by atoms with Crippen molar-refractivity contribution < 1.29 is 9.90 Å². The van der Waals surface area contributed by atoms with Gasteiger partial charge in [-0.05, 0) is 44.2 Å². The van der Waals surface area contributed by atoms with Crippen LogP contribution in [-0.4, -0.2) is 35.4 Å². The quantitative estimate of drug-likeness (QED) is 0.832. The Morgan fingerprint density at radius 1 is 1.22 bits per heavy atom. The van der Waals surface area contributed by atoms with Crippen molar-refractivity contribution in [3.8, 4) is 5.75 Å². The molecule has 3 heteroatoms. The van der Waals surface area contributed by atoms with Crippen LogP contribution in [0.4, 0.5) is 0 Å². The van der Waals surface area contributed by atoms with Crippen LogP contribution in [-0.2, 0) is 0 Å². The fourth-order valence-corrected chi connectivity index (χ4v) is 2.62. The molecule has 1 N–H and O–H groups in total. The Morgan fingerprint density at radius 2 is 1.83 bits per heavy atom.